The van der Waals surface area contributed by atoms with Crippen LogP contribution in [-0.4, -0.2) is 24.5 Å². The van der Waals surface area contributed by atoms with Crippen molar-refractivity contribution >= 4 is 11.8 Å². The molecule has 2 aromatic carbocycles. The zero-order valence-corrected chi connectivity index (χ0v) is 13.9. The molecule has 0 bridgehead atoms. The molecule has 0 aliphatic heterocycles. The van der Waals surface area contributed by atoms with Crippen molar-refractivity contribution in [3.05, 3.63) is 66.0 Å². The minimum atomic E-state index is -0.707. The van der Waals surface area contributed by atoms with Gasteiger partial charge in [0.25, 0.3) is 5.91 Å². The molecule has 132 valence electrons. The van der Waals surface area contributed by atoms with E-state index in [1.54, 1.807) is 31.2 Å². The summed E-state index contributed by atoms with van der Waals surface area (Å²) in [6, 6.07) is 14.8. The Hall–Kier alpha value is -2.89. The zero-order valence-electron chi connectivity index (χ0n) is 13.9. The molecule has 0 fully saturated rings. The summed E-state index contributed by atoms with van der Waals surface area (Å²) in [5.74, 6) is -1.21. The molecular formula is C19H21FN2O3. The Bertz CT molecular complexity index is 704. The number of halogens is 1. The van der Waals surface area contributed by atoms with E-state index in [0.717, 1.165) is 5.56 Å². The average Bonchev–Trinajstić information content (AvgIpc) is 2.60. The smallest absolute Gasteiger partial charge is 0.260 e. The number of benzene rings is 2. The van der Waals surface area contributed by atoms with Crippen molar-refractivity contribution in [1.29, 1.82) is 0 Å². The summed E-state index contributed by atoms with van der Waals surface area (Å²) < 4.78 is 18.5. The predicted molar refractivity (Wildman–Crippen MR) is 92.3 cm³/mol. The lowest BCUT2D eigenvalue weighted by molar-refractivity contribution is -0.128. The molecule has 0 heterocycles. The van der Waals surface area contributed by atoms with Crippen LogP contribution in [0.3, 0.4) is 0 Å². The van der Waals surface area contributed by atoms with Gasteiger partial charge in [-0.1, -0.05) is 30.3 Å². The van der Waals surface area contributed by atoms with E-state index in [-0.39, 0.29) is 18.3 Å². The molecule has 2 atom stereocenters. The summed E-state index contributed by atoms with van der Waals surface area (Å²) >= 11 is 0. The normalized spacial score (nSPS) is 12.9. The molecule has 0 radical (unpaired) electrons. The van der Waals surface area contributed by atoms with Crippen molar-refractivity contribution in [2.45, 2.75) is 19.4 Å². The lowest BCUT2D eigenvalue weighted by atomic mass is 9.98. The van der Waals surface area contributed by atoms with Crippen molar-refractivity contribution in [3.8, 4) is 5.75 Å². The van der Waals surface area contributed by atoms with Crippen molar-refractivity contribution < 1.29 is 18.7 Å². The molecule has 25 heavy (non-hydrogen) atoms. The van der Waals surface area contributed by atoms with Gasteiger partial charge in [-0.3, -0.25) is 9.59 Å². The van der Waals surface area contributed by atoms with Crippen molar-refractivity contribution in [2.75, 3.05) is 6.54 Å². The van der Waals surface area contributed by atoms with Crippen LogP contribution >= 0.6 is 0 Å². The van der Waals surface area contributed by atoms with Crippen LogP contribution in [0.2, 0.25) is 0 Å². The number of hydrogen-bond acceptors (Lipinski definition) is 3. The number of primary amides is 1. The maximum Gasteiger partial charge on any atom is 0.260 e. The van der Waals surface area contributed by atoms with Gasteiger partial charge < -0.3 is 15.8 Å². The number of carbonyl (C=O) groups excluding carboxylic acids is 2. The van der Waals surface area contributed by atoms with Crippen LogP contribution in [-0.2, 0) is 16.0 Å². The molecule has 0 saturated heterocycles. The number of nitrogens with one attached hydrogen (secondary N) is 1. The summed E-state index contributed by atoms with van der Waals surface area (Å²) in [6.07, 6.45) is -0.383. The molecule has 2 aromatic rings. The highest BCUT2D eigenvalue weighted by atomic mass is 19.1. The molecule has 0 saturated carbocycles. The van der Waals surface area contributed by atoms with Crippen LogP contribution in [0.15, 0.2) is 54.6 Å². The highest BCUT2D eigenvalue weighted by Gasteiger charge is 2.20. The van der Waals surface area contributed by atoms with Gasteiger partial charge >= 0.3 is 0 Å². The predicted octanol–water partition coefficient (Wildman–Crippen LogP) is 2.05. The number of carbonyl (C=O) groups is 2. The van der Waals surface area contributed by atoms with E-state index in [2.05, 4.69) is 5.32 Å². The summed E-state index contributed by atoms with van der Waals surface area (Å²) in [5, 5.41) is 2.68. The standard InChI is InChI=1S/C19H21FN2O3/c1-13(25-17-5-3-2-4-6-17)19(24)22-12-15(18(21)23)11-14-7-9-16(20)10-8-14/h2-10,13,15H,11-12H2,1H3,(H2,21,23)(H,22,24)/t13-,15-/m1/s1. The molecule has 0 aliphatic rings. The van der Waals surface area contributed by atoms with Gasteiger partial charge in [-0.2, -0.15) is 0 Å². The summed E-state index contributed by atoms with van der Waals surface area (Å²) in [6.45, 7) is 1.72. The topological polar surface area (TPSA) is 81.4 Å². The minimum Gasteiger partial charge on any atom is -0.481 e. The number of rotatable bonds is 8. The quantitative estimate of drug-likeness (QED) is 0.769. The molecule has 3 N–H and O–H groups in total. The molecule has 0 aliphatic carbocycles. The lowest BCUT2D eigenvalue weighted by Crippen LogP contribution is -2.42. The maximum atomic E-state index is 12.9. The van der Waals surface area contributed by atoms with E-state index in [1.807, 2.05) is 18.2 Å². The van der Waals surface area contributed by atoms with E-state index < -0.39 is 17.9 Å². The van der Waals surface area contributed by atoms with Gasteiger partial charge in [0.2, 0.25) is 5.91 Å². The number of para-hydroxylation sites is 1. The highest BCUT2D eigenvalue weighted by molar-refractivity contribution is 5.82. The summed E-state index contributed by atoms with van der Waals surface area (Å²) in [7, 11) is 0. The Labute approximate surface area is 146 Å². The van der Waals surface area contributed by atoms with Gasteiger partial charge in [0, 0.05) is 6.54 Å². The minimum absolute atomic E-state index is 0.0913. The number of ether oxygens (including phenoxy) is 1. The van der Waals surface area contributed by atoms with Crippen LogP contribution in [0.5, 0.6) is 5.75 Å². The third kappa shape index (κ3) is 5.91. The third-order valence-corrected chi connectivity index (χ3v) is 3.75. The first-order valence-electron chi connectivity index (χ1n) is 7.99. The van der Waals surface area contributed by atoms with Gasteiger partial charge in [-0.15, -0.1) is 0 Å². The van der Waals surface area contributed by atoms with Crippen LogP contribution in [0, 0.1) is 11.7 Å². The maximum absolute atomic E-state index is 12.9. The van der Waals surface area contributed by atoms with Crippen molar-refractivity contribution in [2.24, 2.45) is 11.7 Å². The van der Waals surface area contributed by atoms with Gasteiger partial charge in [0.05, 0.1) is 5.92 Å². The first kappa shape index (κ1) is 18.4. The fraction of sp³-hybridized carbons (Fsp3) is 0.263. The Morgan fingerprint density at radius 1 is 1.12 bits per heavy atom. The van der Waals surface area contributed by atoms with Crippen LogP contribution in [0.25, 0.3) is 0 Å². The van der Waals surface area contributed by atoms with E-state index in [9.17, 15) is 14.0 Å². The van der Waals surface area contributed by atoms with Crippen LogP contribution in [0.4, 0.5) is 4.39 Å². The van der Waals surface area contributed by atoms with Gasteiger partial charge in [0.1, 0.15) is 11.6 Å². The van der Waals surface area contributed by atoms with Crippen molar-refractivity contribution in [3.63, 3.8) is 0 Å². The van der Waals surface area contributed by atoms with E-state index in [1.165, 1.54) is 12.1 Å². The third-order valence-electron chi connectivity index (χ3n) is 3.75. The van der Waals surface area contributed by atoms with Gasteiger partial charge in [0.15, 0.2) is 6.10 Å². The second-order valence-corrected chi connectivity index (χ2v) is 5.75. The highest BCUT2D eigenvalue weighted by Crippen LogP contribution is 2.12. The van der Waals surface area contributed by atoms with Crippen LogP contribution in [0.1, 0.15) is 12.5 Å². The Kier molecular flexibility index (Phi) is 6.51. The Morgan fingerprint density at radius 3 is 2.36 bits per heavy atom. The number of amides is 2. The Morgan fingerprint density at radius 2 is 1.76 bits per heavy atom. The van der Waals surface area contributed by atoms with Gasteiger partial charge in [-0.25, -0.2) is 4.39 Å². The van der Waals surface area contributed by atoms with E-state index in [0.29, 0.717) is 12.2 Å². The molecule has 0 aromatic heterocycles. The Balaban J connectivity index is 1.88. The first-order valence-corrected chi connectivity index (χ1v) is 7.99. The summed E-state index contributed by atoms with van der Waals surface area (Å²) in [4.78, 5) is 23.7. The fourth-order valence-electron chi connectivity index (χ4n) is 2.30. The largest absolute Gasteiger partial charge is 0.481 e. The second-order valence-electron chi connectivity index (χ2n) is 5.75. The van der Waals surface area contributed by atoms with Crippen LogP contribution < -0.4 is 15.8 Å². The average molecular weight is 344 g/mol. The van der Waals surface area contributed by atoms with Gasteiger partial charge in [-0.05, 0) is 43.2 Å². The van der Waals surface area contributed by atoms with E-state index in [4.69, 9.17) is 10.5 Å². The number of nitrogens with two attached hydrogens (primary N) is 1. The molecule has 2 amide bonds. The fourth-order valence-corrected chi connectivity index (χ4v) is 2.30. The SMILES string of the molecule is C[C@@H](Oc1ccccc1)C(=O)NC[C@@H](Cc1ccc(F)cc1)C(N)=O. The number of hydrogen-bond donors (Lipinski definition) is 2. The molecule has 2 rings (SSSR count). The van der Waals surface area contributed by atoms with Crippen molar-refractivity contribution in [1.82, 2.24) is 5.32 Å². The molecular weight excluding hydrogens is 323 g/mol. The molecule has 6 heteroatoms. The molecule has 0 spiro atoms. The monoisotopic (exact) mass is 344 g/mol. The molecule has 0 unspecified atom stereocenters. The molecule has 5 nitrogen and oxygen atoms in total. The second kappa shape index (κ2) is 8.82. The zero-order chi connectivity index (χ0) is 18.2. The van der Waals surface area contributed by atoms with E-state index >= 15 is 0 Å². The lowest BCUT2D eigenvalue weighted by Gasteiger charge is -2.18. The first-order chi connectivity index (χ1) is 12.0. The summed E-state index contributed by atoms with van der Waals surface area (Å²) in [5.41, 5.74) is 6.18.